The summed E-state index contributed by atoms with van der Waals surface area (Å²) in [5, 5.41) is 0.759. The van der Waals surface area contributed by atoms with Gasteiger partial charge in [0.1, 0.15) is 5.75 Å². The van der Waals surface area contributed by atoms with E-state index in [0.29, 0.717) is 5.75 Å². The van der Waals surface area contributed by atoms with Crippen LogP contribution in [-0.4, -0.2) is 19.2 Å². The predicted molar refractivity (Wildman–Crippen MR) is 70.3 cm³/mol. The van der Waals surface area contributed by atoms with Crippen molar-refractivity contribution in [1.82, 2.24) is 0 Å². The van der Waals surface area contributed by atoms with Gasteiger partial charge >= 0.3 is 5.97 Å². The molecule has 4 heteroatoms. The van der Waals surface area contributed by atoms with Gasteiger partial charge in [-0.05, 0) is 17.7 Å². The van der Waals surface area contributed by atoms with E-state index in [9.17, 15) is 4.79 Å². The molecule has 1 aromatic rings. The number of hydrogen-bond acceptors (Lipinski definition) is 3. The average Bonchev–Trinajstić information content (AvgIpc) is 2.35. The highest BCUT2D eigenvalue weighted by Gasteiger charge is 2.24. The molecule has 0 heterocycles. The fourth-order valence-corrected chi connectivity index (χ4v) is 1.77. The van der Waals surface area contributed by atoms with Gasteiger partial charge in [0.05, 0.1) is 7.11 Å². The van der Waals surface area contributed by atoms with E-state index in [1.807, 2.05) is 38.1 Å². The first kappa shape index (κ1) is 14.0. The second-order valence-corrected chi connectivity index (χ2v) is 4.65. The van der Waals surface area contributed by atoms with Crippen LogP contribution in [0.3, 0.4) is 0 Å². The Hall–Kier alpha value is -1.03. The van der Waals surface area contributed by atoms with Crippen LogP contribution in [0.5, 0.6) is 5.75 Å². The standard InChI is InChI=1S/C13H17BrO3/c1-9(2)12(13(15)16-3)17-11-6-4-5-10(7-11)8-14/h4-7,9,12H,8H2,1-3H3/t12-/m1/s1. The van der Waals surface area contributed by atoms with E-state index in [1.54, 1.807) is 0 Å². The van der Waals surface area contributed by atoms with E-state index in [2.05, 4.69) is 15.9 Å². The van der Waals surface area contributed by atoms with Crippen molar-refractivity contribution >= 4 is 21.9 Å². The maximum Gasteiger partial charge on any atom is 0.347 e. The van der Waals surface area contributed by atoms with Crippen LogP contribution < -0.4 is 4.74 Å². The molecule has 0 aromatic heterocycles. The Morgan fingerprint density at radius 1 is 1.41 bits per heavy atom. The maximum atomic E-state index is 11.6. The van der Waals surface area contributed by atoms with Gasteiger partial charge in [0.15, 0.2) is 6.10 Å². The Bertz CT molecular complexity index is 377. The Balaban J connectivity index is 2.82. The first-order valence-electron chi connectivity index (χ1n) is 5.48. The fourth-order valence-electron chi connectivity index (χ4n) is 1.42. The molecule has 3 nitrogen and oxygen atoms in total. The molecule has 0 bridgehead atoms. The number of ether oxygens (including phenoxy) is 2. The molecule has 0 saturated carbocycles. The summed E-state index contributed by atoms with van der Waals surface area (Å²) in [6.07, 6.45) is -0.564. The van der Waals surface area contributed by atoms with Gasteiger partial charge in [-0.2, -0.15) is 0 Å². The Morgan fingerprint density at radius 3 is 2.65 bits per heavy atom. The van der Waals surface area contributed by atoms with E-state index < -0.39 is 6.10 Å². The van der Waals surface area contributed by atoms with Gasteiger partial charge in [-0.25, -0.2) is 4.79 Å². The molecular formula is C13H17BrO3. The van der Waals surface area contributed by atoms with E-state index in [-0.39, 0.29) is 11.9 Å². The molecule has 0 unspecified atom stereocenters. The molecule has 0 N–H and O–H groups in total. The zero-order valence-electron chi connectivity index (χ0n) is 10.3. The van der Waals surface area contributed by atoms with Gasteiger partial charge in [0.2, 0.25) is 0 Å². The van der Waals surface area contributed by atoms with E-state index in [4.69, 9.17) is 9.47 Å². The minimum Gasteiger partial charge on any atom is -0.478 e. The average molecular weight is 301 g/mol. The lowest BCUT2D eigenvalue weighted by Gasteiger charge is -2.20. The van der Waals surface area contributed by atoms with Crippen molar-refractivity contribution in [1.29, 1.82) is 0 Å². The van der Waals surface area contributed by atoms with Crippen molar-refractivity contribution in [3.05, 3.63) is 29.8 Å². The quantitative estimate of drug-likeness (QED) is 0.619. The molecule has 1 aromatic carbocycles. The number of halogens is 1. The van der Waals surface area contributed by atoms with Crippen molar-refractivity contribution in [2.24, 2.45) is 5.92 Å². The van der Waals surface area contributed by atoms with Crippen LogP contribution in [0.4, 0.5) is 0 Å². The van der Waals surface area contributed by atoms with Gasteiger partial charge in [-0.1, -0.05) is 41.9 Å². The van der Waals surface area contributed by atoms with Crippen molar-refractivity contribution in [2.75, 3.05) is 7.11 Å². The lowest BCUT2D eigenvalue weighted by molar-refractivity contribution is -0.150. The van der Waals surface area contributed by atoms with Crippen molar-refractivity contribution in [3.8, 4) is 5.75 Å². The second kappa shape index (κ2) is 6.64. The smallest absolute Gasteiger partial charge is 0.347 e. The third-order valence-corrected chi connectivity index (χ3v) is 3.00. The molecule has 1 atom stereocenters. The second-order valence-electron chi connectivity index (χ2n) is 4.09. The van der Waals surface area contributed by atoms with E-state index in [0.717, 1.165) is 10.9 Å². The Kier molecular flexibility index (Phi) is 5.48. The molecule has 0 aliphatic heterocycles. The fraction of sp³-hybridized carbons (Fsp3) is 0.462. The zero-order valence-corrected chi connectivity index (χ0v) is 11.9. The highest BCUT2D eigenvalue weighted by molar-refractivity contribution is 9.08. The Morgan fingerprint density at radius 2 is 2.12 bits per heavy atom. The van der Waals surface area contributed by atoms with E-state index >= 15 is 0 Å². The number of hydrogen-bond donors (Lipinski definition) is 0. The summed E-state index contributed by atoms with van der Waals surface area (Å²) < 4.78 is 10.4. The van der Waals surface area contributed by atoms with Gasteiger partial charge in [-0.15, -0.1) is 0 Å². The number of benzene rings is 1. The van der Waals surface area contributed by atoms with Crippen LogP contribution in [0.15, 0.2) is 24.3 Å². The molecule has 0 aliphatic carbocycles. The van der Waals surface area contributed by atoms with Crippen LogP contribution in [-0.2, 0) is 14.9 Å². The summed E-state index contributed by atoms with van der Waals surface area (Å²) in [6, 6.07) is 7.64. The summed E-state index contributed by atoms with van der Waals surface area (Å²) in [4.78, 5) is 11.6. The minimum absolute atomic E-state index is 0.0649. The van der Waals surface area contributed by atoms with Crippen molar-refractivity contribution in [2.45, 2.75) is 25.3 Å². The monoisotopic (exact) mass is 300 g/mol. The number of alkyl halides is 1. The topological polar surface area (TPSA) is 35.5 Å². The molecule has 0 aliphatic rings. The molecule has 17 heavy (non-hydrogen) atoms. The minimum atomic E-state index is -0.564. The highest BCUT2D eigenvalue weighted by Crippen LogP contribution is 2.19. The lowest BCUT2D eigenvalue weighted by Crippen LogP contribution is -2.33. The number of methoxy groups -OCH3 is 1. The van der Waals surface area contributed by atoms with Gasteiger partial charge in [-0.3, -0.25) is 0 Å². The van der Waals surface area contributed by atoms with Crippen LogP contribution in [0.1, 0.15) is 19.4 Å². The normalized spacial score (nSPS) is 12.3. The molecule has 1 rings (SSSR count). The third kappa shape index (κ3) is 4.04. The van der Waals surface area contributed by atoms with Crippen LogP contribution in [0.25, 0.3) is 0 Å². The molecule has 0 amide bonds. The molecule has 0 saturated heterocycles. The molecule has 0 radical (unpaired) electrons. The predicted octanol–water partition coefficient (Wildman–Crippen LogP) is 3.16. The van der Waals surface area contributed by atoms with Crippen molar-refractivity contribution < 1.29 is 14.3 Å². The van der Waals surface area contributed by atoms with Crippen LogP contribution in [0, 0.1) is 5.92 Å². The summed E-state index contributed by atoms with van der Waals surface area (Å²) in [7, 11) is 1.37. The number of carbonyl (C=O) groups excluding carboxylic acids is 1. The maximum absolute atomic E-state index is 11.6. The number of carbonyl (C=O) groups is 1. The molecular weight excluding hydrogens is 284 g/mol. The summed E-state index contributed by atoms with van der Waals surface area (Å²) in [6.45, 7) is 3.85. The van der Waals surface area contributed by atoms with Gasteiger partial charge < -0.3 is 9.47 Å². The van der Waals surface area contributed by atoms with Crippen LogP contribution in [0.2, 0.25) is 0 Å². The van der Waals surface area contributed by atoms with Gasteiger partial charge in [0.25, 0.3) is 0 Å². The summed E-state index contributed by atoms with van der Waals surface area (Å²) in [5.41, 5.74) is 1.11. The molecule has 0 fully saturated rings. The van der Waals surface area contributed by atoms with Gasteiger partial charge in [0, 0.05) is 11.2 Å². The first-order chi connectivity index (χ1) is 8.08. The zero-order chi connectivity index (χ0) is 12.8. The largest absolute Gasteiger partial charge is 0.478 e. The van der Waals surface area contributed by atoms with Crippen molar-refractivity contribution in [3.63, 3.8) is 0 Å². The third-order valence-electron chi connectivity index (χ3n) is 2.35. The lowest BCUT2D eigenvalue weighted by atomic mass is 10.1. The molecule has 94 valence electrons. The summed E-state index contributed by atoms with van der Waals surface area (Å²) in [5.74, 6) is 0.408. The number of esters is 1. The summed E-state index contributed by atoms with van der Waals surface area (Å²) >= 11 is 3.38. The first-order valence-corrected chi connectivity index (χ1v) is 6.60. The Labute approximate surface area is 110 Å². The highest BCUT2D eigenvalue weighted by atomic mass is 79.9. The molecule has 0 spiro atoms. The SMILES string of the molecule is COC(=O)[C@H](Oc1cccc(CBr)c1)C(C)C. The van der Waals surface area contributed by atoms with E-state index in [1.165, 1.54) is 7.11 Å². The van der Waals surface area contributed by atoms with Crippen LogP contribution >= 0.6 is 15.9 Å². The number of rotatable bonds is 5.